The van der Waals surface area contributed by atoms with Gasteiger partial charge in [0.05, 0.1) is 18.0 Å². The van der Waals surface area contributed by atoms with Crippen molar-refractivity contribution in [3.63, 3.8) is 0 Å². The molecule has 1 rings (SSSR count). The maximum Gasteiger partial charge on any atom is 0.0641 e. The lowest BCUT2D eigenvalue weighted by molar-refractivity contribution is 0.129. The fourth-order valence-electron chi connectivity index (χ4n) is 1.99. The van der Waals surface area contributed by atoms with E-state index in [4.69, 9.17) is 10.5 Å². The summed E-state index contributed by atoms with van der Waals surface area (Å²) in [5.74, 6) is 0.705. The van der Waals surface area contributed by atoms with E-state index in [0.717, 1.165) is 50.5 Å². The minimum Gasteiger partial charge on any atom is -0.397 e. The molecule has 108 valence electrons. The average Bonchev–Trinajstić information content (AvgIpc) is 2.37. The first kappa shape index (κ1) is 15.8. The second-order valence-electron chi connectivity index (χ2n) is 5.34. The lowest BCUT2D eigenvalue weighted by atomic mass is 10.1. The first-order chi connectivity index (χ1) is 9.15. The largest absolute Gasteiger partial charge is 0.397 e. The first-order valence-corrected chi connectivity index (χ1v) is 7.32. The smallest absolute Gasteiger partial charge is 0.0641 e. The van der Waals surface area contributed by atoms with Crippen LogP contribution in [0.15, 0.2) is 24.3 Å². The second-order valence-corrected chi connectivity index (χ2v) is 5.34. The Hall–Kier alpha value is -1.22. The van der Waals surface area contributed by atoms with Gasteiger partial charge in [-0.3, -0.25) is 0 Å². The van der Waals surface area contributed by atoms with Crippen LogP contribution in [0.1, 0.15) is 33.6 Å². The van der Waals surface area contributed by atoms with Crippen molar-refractivity contribution in [1.29, 1.82) is 0 Å². The molecule has 1 aromatic rings. The van der Waals surface area contributed by atoms with Gasteiger partial charge in [0.25, 0.3) is 0 Å². The van der Waals surface area contributed by atoms with Crippen LogP contribution >= 0.6 is 0 Å². The molecule has 0 heterocycles. The zero-order chi connectivity index (χ0) is 14.1. The fourth-order valence-corrected chi connectivity index (χ4v) is 1.99. The van der Waals surface area contributed by atoms with Crippen molar-refractivity contribution in [2.75, 3.05) is 36.9 Å². The monoisotopic (exact) mass is 264 g/mol. The molecule has 0 radical (unpaired) electrons. The number of anilines is 2. The molecule has 0 saturated carbocycles. The van der Waals surface area contributed by atoms with Gasteiger partial charge in [0, 0.05) is 19.7 Å². The minimum absolute atomic E-state index is 0.705. The lowest BCUT2D eigenvalue weighted by Crippen LogP contribution is -2.29. The molecule has 0 fully saturated rings. The third-order valence-corrected chi connectivity index (χ3v) is 3.12. The summed E-state index contributed by atoms with van der Waals surface area (Å²) in [5, 5.41) is 0. The lowest BCUT2D eigenvalue weighted by Gasteiger charge is -2.25. The van der Waals surface area contributed by atoms with E-state index in [0.29, 0.717) is 5.92 Å². The molecular weight excluding hydrogens is 236 g/mol. The van der Waals surface area contributed by atoms with Crippen LogP contribution in [0.3, 0.4) is 0 Å². The summed E-state index contributed by atoms with van der Waals surface area (Å²) in [4.78, 5) is 2.31. The van der Waals surface area contributed by atoms with Crippen molar-refractivity contribution in [2.24, 2.45) is 5.92 Å². The number of rotatable bonds is 9. The topological polar surface area (TPSA) is 38.5 Å². The maximum absolute atomic E-state index is 6.04. The normalized spacial score (nSPS) is 10.9. The van der Waals surface area contributed by atoms with Crippen LogP contribution in [0.4, 0.5) is 11.4 Å². The molecule has 2 N–H and O–H groups in total. The summed E-state index contributed by atoms with van der Waals surface area (Å²) < 4.78 is 5.70. The quantitative estimate of drug-likeness (QED) is 0.547. The number of hydrogen-bond donors (Lipinski definition) is 1. The van der Waals surface area contributed by atoms with Crippen molar-refractivity contribution in [1.82, 2.24) is 0 Å². The van der Waals surface area contributed by atoms with Crippen molar-refractivity contribution in [3.8, 4) is 0 Å². The number of hydrogen-bond acceptors (Lipinski definition) is 3. The summed E-state index contributed by atoms with van der Waals surface area (Å²) in [5.41, 5.74) is 8.01. The molecule has 0 aliphatic rings. The van der Waals surface area contributed by atoms with Crippen LogP contribution in [-0.2, 0) is 4.74 Å². The van der Waals surface area contributed by atoms with Crippen LogP contribution in [0.25, 0.3) is 0 Å². The summed E-state index contributed by atoms with van der Waals surface area (Å²) >= 11 is 0. The van der Waals surface area contributed by atoms with Gasteiger partial charge in [0.15, 0.2) is 0 Å². The van der Waals surface area contributed by atoms with Crippen molar-refractivity contribution in [2.45, 2.75) is 33.6 Å². The van der Waals surface area contributed by atoms with E-state index in [1.165, 1.54) is 0 Å². The molecule has 3 nitrogen and oxygen atoms in total. The average molecular weight is 264 g/mol. The number of nitrogen functional groups attached to an aromatic ring is 1. The van der Waals surface area contributed by atoms with E-state index in [-0.39, 0.29) is 0 Å². The van der Waals surface area contributed by atoms with Crippen molar-refractivity contribution < 1.29 is 4.74 Å². The van der Waals surface area contributed by atoms with Crippen molar-refractivity contribution in [3.05, 3.63) is 24.3 Å². The minimum atomic E-state index is 0.705. The van der Waals surface area contributed by atoms with Gasteiger partial charge in [0.1, 0.15) is 0 Å². The Morgan fingerprint density at radius 3 is 2.53 bits per heavy atom. The van der Waals surface area contributed by atoms with E-state index >= 15 is 0 Å². The van der Waals surface area contributed by atoms with Gasteiger partial charge in [-0.2, -0.15) is 0 Å². The van der Waals surface area contributed by atoms with Crippen LogP contribution in [-0.4, -0.2) is 26.3 Å². The standard InChI is InChI=1S/C16H28N2O/c1-4-10-18(11-13-19-12-9-14(2)3)16-8-6-5-7-15(16)17/h5-8,14H,4,9-13,17H2,1-3H3. The molecule has 0 spiro atoms. The molecule has 0 aromatic heterocycles. The molecule has 19 heavy (non-hydrogen) atoms. The van der Waals surface area contributed by atoms with E-state index in [1.54, 1.807) is 0 Å². The van der Waals surface area contributed by atoms with Crippen LogP contribution < -0.4 is 10.6 Å². The molecule has 0 amide bonds. The van der Waals surface area contributed by atoms with Gasteiger partial charge < -0.3 is 15.4 Å². The summed E-state index contributed by atoms with van der Waals surface area (Å²) in [6.07, 6.45) is 2.24. The van der Waals surface area contributed by atoms with Crippen LogP contribution in [0.5, 0.6) is 0 Å². The Morgan fingerprint density at radius 1 is 1.16 bits per heavy atom. The SMILES string of the molecule is CCCN(CCOCCC(C)C)c1ccccc1N. The second kappa shape index (κ2) is 8.81. The Morgan fingerprint density at radius 2 is 1.89 bits per heavy atom. The predicted octanol–water partition coefficient (Wildman–Crippen LogP) is 3.55. The number of ether oxygens (including phenoxy) is 1. The van der Waals surface area contributed by atoms with Gasteiger partial charge >= 0.3 is 0 Å². The molecule has 0 aliphatic carbocycles. The van der Waals surface area contributed by atoms with E-state index in [1.807, 2.05) is 18.2 Å². The maximum atomic E-state index is 6.04. The zero-order valence-corrected chi connectivity index (χ0v) is 12.6. The van der Waals surface area contributed by atoms with Gasteiger partial charge in [-0.1, -0.05) is 32.9 Å². The third kappa shape index (κ3) is 5.97. The van der Waals surface area contributed by atoms with Gasteiger partial charge in [-0.05, 0) is 30.9 Å². The highest BCUT2D eigenvalue weighted by atomic mass is 16.5. The summed E-state index contributed by atoms with van der Waals surface area (Å²) in [6, 6.07) is 8.05. The molecule has 1 aromatic carbocycles. The molecule has 0 saturated heterocycles. The Kier molecular flexibility index (Phi) is 7.34. The Balaban J connectivity index is 2.43. The predicted molar refractivity (Wildman–Crippen MR) is 83.6 cm³/mol. The summed E-state index contributed by atoms with van der Waals surface area (Å²) in [6.45, 7) is 10.2. The van der Waals surface area contributed by atoms with Gasteiger partial charge in [-0.25, -0.2) is 0 Å². The molecule has 0 aliphatic heterocycles. The molecular formula is C16H28N2O. The molecule has 0 atom stereocenters. The molecule has 0 unspecified atom stereocenters. The van der Waals surface area contributed by atoms with Gasteiger partial charge in [0.2, 0.25) is 0 Å². The molecule has 3 heteroatoms. The fraction of sp³-hybridized carbons (Fsp3) is 0.625. The van der Waals surface area contributed by atoms with E-state index in [2.05, 4.69) is 31.7 Å². The number of nitrogens with two attached hydrogens (primary N) is 1. The van der Waals surface area contributed by atoms with Crippen LogP contribution in [0, 0.1) is 5.92 Å². The highest BCUT2D eigenvalue weighted by molar-refractivity contribution is 5.67. The highest BCUT2D eigenvalue weighted by Gasteiger charge is 2.08. The molecule has 0 bridgehead atoms. The Labute approximate surface area is 117 Å². The van der Waals surface area contributed by atoms with E-state index < -0.39 is 0 Å². The highest BCUT2D eigenvalue weighted by Crippen LogP contribution is 2.22. The van der Waals surface area contributed by atoms with Crippen molar-refractivity contribution >= 4 is 11.4 Å². The zero-order valence-electron chi connectivity index (χ0n) is 12.6. The number of nitrogens with zero attached hydrogens (tertiary/aromatic N) is 1. The van der Waals surface area contributed by atoms with E-state index in [9.17, 15) is 0 Å². The Bertz CT molecular complexity index is 352. The third-order valence-electron chi connectivity index (χ3n) is 3.12. The van der Waals surface area contributed by atoms with Crippen LogP contribution in [0.2, 0.25) is 0 Å². The summed E-state index contributed by atoms with van der Waals surface area (Å²) in [7, 11) is 0. The number of benzene rings is 1. The van der Waals surface area contributed by atoms with Gasteiger partial charge in [-0.15, -0.1) is 0 Å². The first-order valence-electron chi connectivity index (χ1n) is 7.32. The number of para-hydroxylation sites is 2.